The van der Waals surface area contributed by atoms with Crippen LogP contribution in [0.2, 0.25) is 0 Å². The lowest BCUT2D eigenvalue weighted by molar-refractivity contribution is 0.586. The van der Waals surface area contributed by atoms with E-state index in [0.29, 0.717) is 17.5 Å². The molecule has 4 nitrogen and oxygen atoms in total. The number of para-hydroxylation sites is 1. The maximum Gasteiger partial charge on any atom is 0.320 e. The lowest BCUT2D eigenvalue weighted by Gasteiger charge is -2.08. The second-order valence-electron chi connectivity index (χ2n) is 4.81. The molecule has 1 N–H and O–H groups in total. The number of rotatable bonds is 3. The molecule has 0 saturated carbocycles. The molecule has 0 amide bonds. The van der Waals surface area contributed by atoms with Gasteiger partial charge in [0.2, 0.25) is 5.89 Å². The van der Waals surface area contributed by atoms with Gasteiger partial charge in [0, 0.05) is 11.3 Å². The molecule has 3 aromatic rings. The molecule has 0 spiro atoms. The van der Waals surface area contributed by atoms with Crippen LogP contribution in [0.5, 0.6) is 0 Å². The molecule has 0 unspecified atom stereocenters. The summed E-state index contributed by atoms with van der Waals surface area (Å²) in [5.41, 5.74) is 3.82. The van der Waals surface area contributed by atoms with Crippen LogP contribution in [0.1, 0.15) is 11.1 Å². The summed E-state index contributed by atoms with van der Waals surface area (Å²) in [5.74, 6) is 0.0517. The number of nitrogens with one attached hydrogen (secondary N) is 1. The van der Waals surface area contributed by atoms with Gasteiger partial charge in [-0.2, -0.15) is 0 Å². The average molecular weight is 283 g/mol. The van der Waals surface area contributed by atoms with Crippen molar-refractivity contribution in [3.05, 3.63) is 59.4 Å². The highest BCUT2D eigenvalue weighted by Gasteiger charge is 2.10. The van der Waals surface area contributed by atoms with Crippen molar-refractivity contribution in [3.8, 4) is 11.5 Å². The van der Waals surface area contributed by atoms with Gasteiger partial charge in [-0.3, -0.25) is 0 Å². The van der Waals surface area contributed by atoms with Crippen LogP contribution in [0.4, 0.5) is 16.1 Å². The number of nitrogens with zero attached hydrogens (tertiary/aromatic N) is 2. The molecule has 0 aliphatic rings. The molecule has 1 heterocycles. The van der Waals surface area contributed by atoms with Gasteiger partial charge in [0.15, 0.2) is 0 Å². The van der Waals surface area contributed by atoms with Crippen LogP contribution in [0.15, 0.2) is 46.9 Å². The van der Waals surface area contributed by atoms with Crippen molar-refractivity contribution in [1.29, 1.82) is 0 Å². The lowest BCUT2D eigenvalue weighted by atomic mass is 10.1. The Morgan fingerprint density at radius 2 is 1.62 bits per heavy atom. The summed E-state index contributed by atoms with van der Waals surface area (Å²) < 4.78 is 18.5. The Hall–Kier alpha value is -2.69. The van der Waals surface area contributed by atoms with E-state index in [0.717, 1.165) is 16.8 Å². The van der Waals surface area contributed by atoms with Gasteiger partial charge in [0.1, 0.15) is 5.82 Å². The molecule has 5 heteroatoms. The minimum absolute atomic E-state index is 0.299. The minimum atomic E-state index is -0.299. The second kappa shape index (κ2) is 5.36. The van der Waals surface area contributed by atoms with Crippen LogP contribution in [-0.4, -0.2) is 10.2 Å². The van der Waals surface area contributed by atoms with Crippen molar-refractivity contribution < 1.29 is 8.81 Å². The van der Waals surface area contributed by atoms with Crippen LogP contribution < -0.4 is 5.32 Å². The van der Waals surface area contributed by atoms with Gasteiger partial charge in [-0.15, -0.1) is 5.10 Å². The summed E-state index contributed by atoms with van der Waals surface area (Å²) in [4.78, 5) is 0. The Morgan fingerprint density at radius 1 is 0.952 bits per heavy atom. The molecule has 0 aliphatic heterocycles. The minimum Gasteiger partial charge on any atom is -0.403 e. The van der Waals surface area contributed by atoms with Crippen molar-refractivity contribution >= 4 is 11.7 Å². The molecule has 3 rings (SSSR count). The maximum absolute atomic E-state index is 12.9. The number of hydrogen-bond acceptors (Lipinski definition) is 4. The first-order chi connectivity index (χ1) is 10.1. The van der Waals surface area contributed by atoms with Gasteiger partial charge in [0.05, 0.1) is 0 Å². The first-order valence-corrected chi connectivity index (χ1v) is 6.56. The van der Waals surface area contributed by atoms with E-state index in [-0.39, 0.29) is 5.82 Å². The quantitative estimate of drug-likeness (QED) is 0.781. The van der Waals surface area contributed by atoms with Crippen molar-refractivity contribution in [2.24, 2.45) is 0 Å². The highest BCUT2D eigenvalue weighted by Crippen LogP contribution is 2.26. The van der Waals surface area contributed by atoms with E-state index >= 15 is 0 Å². The lowest BCUT2D eigenvalue weighted by Crippen LogP contribution is -1.95. The van der Waals surface area contributed by atoms with E-state index in [2.05, 4.69) is 15.5 Å². The maximum atomic E-state index is 12.9. The van der Waals surface area contributed by atoms with Gasteiger partial charge in [-0.25, -0.2) is 4.39 Å². The first-order valence-electron chi connectivity index (χ1n) is 6.56. The van der Waals surface area contributed by atoms with Gasteiger partial charge in [-0.05, 0) is 49.2 Å². The molecule has 21 heavy (non-hydrogen) atoms. The summed E-state index contributed by atoms with van der Waals surface area (Å²) in [6.45, 7) is 4.01. The zero-order valence-corrected chi connectivity index (χ0v) is 11.7. The summed E-state index contributed by atoms with van der Waals surface area (Å²) >= 11 is 0. The average Bonchev–Trinajstić information content (AvgIpc) is 2.92. The van der Waals surface area contributed by atoms with Crippen LogP contribution in [0.3, 0.4) is 0 Å². The molecular formula is C16H14FN3O. The van der Waals surface area contributed by atoms with Crippen molar-refractivity contribution in [2.75, 3.05) is 5.32 Å². The van der Waals surface area contributed by atoms with Crippen LogP contribution in [-0.2, 0) is 0 Å². The van der Waals surface area contributed by atoms with Crippen LogP contribution >= 0.6 is 0 Å². The summed E-state index contributed by atoms with van der Waals surface area (Å²) in [6, 6.07) is 12.2. The highest BCUT2D eigenvalue weighted by atomic mass is 19.1. The monoisotopic (exact) mass is 283 g/mol. The summed E-state index contributed by atoms with van der Waals surface area (Å²) in [5, 5.41) is 11.1. The Balaban J connectivity index is 1.87. The molecule has 106 valence electrons. The first kappa shape index (κ1) is 13.3. The zero-order valence-electron chi connectivity index (χ0n) is 11.7. The molecule has 0 bridgehead atoms. The van der Waals surface area contributed by atoms with E-state index in [1.54, 1.807) is 12.1 Å². The third-order valence-corrected chi connectivity index (χ3v) is 3.23. The third-order valence-electron chi connectivity index (χ3n) is 3.23. The van der Waals surface area contributed by atoms with Crippen molar-refractivity contribution in [2.45, 2.75) is 13.8 Å². The van der Waals surface area contributed by atoms with Gasteiger partial charge < -0.3 is 9.73 Å². The number of aromatic nitrogens is 2. The normalized spacial score (nSPS) is 10.6. The van der Waals surface area contributed by atoms with E-state index in [1.165, 1.54) is 12.1 Å². The highest BCUT2D eigenvalue weighted by molar-refractivity contribution is 5.62. The Labute approximate surface area is 121 Å². The molecule has 2 aromatic carbocycles. The fourth-order valence-corrected chi connectivity index (χ4v) is 2.10. The molecule has 0 atom stereocenters. The molecular weight excluding hydrogens is 269 g/mol. The molecule has 0 radical (unpaired) electrons. The zero-order chi connectivity index (χ0) is 14.8. The number of hydrogen-bond donors (Lipinski definition) is 1. The molecule has 1 aromatic heterocycles. The summed E-state index contributed by atoms with van der Waals surface area (Å²) in [6.07, 6.45) is 0. The number of aryl methyl sites for hydroxylation is 2. The number of anilines is 2. The number of halogens is 1. The smallest absolute Gasteiger partial charge is 0.320 e. The molecule has 0 aliphatic carbocycles. The standard InChI is InChI=1S/C16H14FN3O/c1-10-4-3-5-11(2)14(10)18-16-20-19-15(21-16)12-6-8-13(17)9-7-12/h3-9H,1-2H3,(H,18,20). The van der Waals surface area contributed by atoms with Crippen molar-refractivity contribution in [1.82, 2.24) is 10.2 Å². The molecule has 0 saturated heterocycles. The predicted molar refractivity (Wildman–Crippen MR) is 78.9 cm³/mol. The Bertz CT molecular complexity index is 745. The van der Waals surface area contributed by atoms with E-state index in [1.807, 2.05) is 32.0 Å². The van der Waals surface area contributed by atoms with E-state index in [4.69, 9.17) is 4.42 Å². The van der Waals surface area contributed by atoms with Gasteiger partial charge in [0.25, 0.3) is 0 Å². The largest absolute Gasteiger partial charge is 0.403 e. The van der Waals surface area contributed by atoms with E-state index in [9.17, 15) is 4.39 Å². The van der Waals surface area contributed by atoms with Gasteiger partial charge in [-0.1, -0.05) is 23.3 Å². The van der Waals surface area contributed by atoms with Crippen LogP contribution in [0, 0.1) is 19.7 Å². The Kier molecular flexibility index (Phi) is 3.39. The number of benzene rings is 2. The third kappa shape index (κ3) is 2.76. The SMILES string of the molecule is Cc1cccc(C)c1Nc1nnc(-c2ccc(F)cc2)o1. The fraction of sp³-hybridized carbons (Fsp3) is 0.125. The summed E-state index contributed by atoms with van der Waals surface area (Å²) in [7, 11) is 0. The van der Waals surface area contributed by atoms with Crippen molar-refractivity contribution in [3.63, 3.8) is 0 Å². The topological polar surface area (TPSA) is 51.0 Å². The molecule has 0 fully saturated rings. The van der Waals surface area contributed by atoms with Crippen LogP contribution in [0.25, 0.3) is 11.5 Å². The fourth-order valence-electron chi connectivity index (χ4n) is 2.10. The van der Waals surface area contributed by atoms with Gasteiger partial charge >= 0.3 is 6.01 Å². The second-order valence-corrected chi connectivity index (χ2v) is 4.81. The van der Waals surface area contributed by atoms with E-state index < -0.39 is 0 Å². The Morgan fingerprint density at radius 3 is 2.29 bits per heavy atom. The predicted octanol–water partition coefficient (Wildman–Crippen LogP) is 4.24.